The first-order chi connectivity index (χ1) is 13.0. The molecule has 1 aliphatic heterocycles. The fourth-order valence-corrected chi connectivity index (χ4v) is 3.70. The van der Waals surface area contributed by atoms with E-state index < -0.39 is 34.9 Å². The number of nitrogens with zero attached hydrogens (tertiary/aromatic N) is 2. The van der Waals surface area contributed by atoms with Gasteiger partial charge in [0.15, 0.2) is 0 Å². The molecule has 2 rings (SSSR count). The molecule has 2 atom stereocenters. The average Bonchev–Trinajstić information content (AvgIpc) is 2.64. The Morgan fingerprint density at radius 2 is 1.96 bits per heavy atom. The van der Waals surface area contributed by atoms with E-state index in [-0.39, 0.29) is 18.6 Å². The standard InChI is InChI=1S/C20H28N2O6/c1-19(2,3)14-28-17(23)20(10-7-11-21(13-20)18(24)25)16(12-22(26)27)15-8-5-4-6-9-15/h4-6,8-9,16H,7,10-14H2,1-3H3,(H,24,25). The van der Waals surface area contributed by atoms with Crippen LogP contribution in [0.4, 0.5) is 4.79 Å². The summed E-state index contributed by atoms with van der Waals surface area (Å²) < 4.78 is 5.58. The lowest BCUT2D eigenvalue weighted by Crippen LogP contribution is -2.54. The number of hydrogen-bond acceptors (Lipinski definition) is 5. The summed E-state index contributed by atoms with van der Waals surface area (Å²) in [4.78, 5) is 37.0. The van der Waals surface area contributed by atoms with Gasteiger partial charge in [0.25, 0.3) is 0 Å². The largest absolute Gasteiger partial charge is 0.465 e. The van der Waals surface area contributed by atoms with Crippen LogP contribution in [0.15, 0.2) is 30.3 Å². The van der Waals surface area contributed by atoms with Gasteiger partial charge in [-0.2, -0.15) is 0 Å². The first kappa shape index (κ1) is 21.7. The molecule has 0 radical (unpaired) electrons. The van der Waals surface area contributed by atoms with Gasteiger partial charge in [0, 0.05) is 18.0 Å². The van der Waals surface area contributed by atoms with E-state index >= 15 is 0 Å². The van der Waals surface area contributed by atoms with E-state index in [1.165, 1.54) is 0 Å². The zero-order valence-electron chi connectivity index (χ0n) is 16.6. The van der Waals surface area contributed by atoms with Crippen LogP contribution in [0.3, 0.4) is 0 Å². The van der Waals surface area contributed by atoms with Gasteiger partial charge in [-0.1, -0.05) is 51.1 Å². The summed E-state index contributed by atoms with van der Waals surface area (Å²) in [7, 11) is 0. The van der Waals surface area contributed by atoms with Crippen LogP contribution < -0.4 is 0 Å². The normalized spacial score (nSPS) is 21.0. The van der Waals surface area contributed by atoms with Crippen LogP contribution in [-0.2, 0) is 9.53 Å². The van der Waals surface area contributed by atoms with Crippen molar-refractivity contribution in [3.05, 3.63) is 46.0 Å². The molecule has 2 unspecified atom stereocenters. The zero-order valence-corrected chi connectivity index (χ0v) is 16.6. The molecule has 0 aromatic heterocycles. The second-order valence-electron chi connectivity index (χ2n) is 8.58. The molecule has 0 saturated carbocycles. The Kier molecular flexibility index (Phi) is 6.64. The molecular formula is C20H28N2O6. The van der Waals surface area contributed by atoms with Gasteiger partial charge in [-0.3, -0.25) is 14.9 Å². The van der Waals surface area contributed by atoms with E-state index in [9.17, 15) is 24.8 Å². The van der Waals surface area contributed by atoms with Crippen molar-refractivity contribution >= 4 is 12.1 Å². The Hall–Kier alpha value is -2.64. The summed E-state index contributed by atoms with van der Waals surface area (Å²) in [5.41, 5.74) is -0.932. The van der Waals surface area contributed by atoms with Crippen molar-refractivity contribution in [1.29, 1.82) is 0 Å². The van der Waals surface area contributed by atoms with Crippen LogP contribution in [0.2, 0.25) is 0 Å². The third-order valence-electron chi connectivity index (χ3n) is 5.04. The van der Waals surface area contributed by atoms with Gasteiger partial charge in [-0.25, -0.2) is 4.79 Å². The van der Waals surface area contributed by atoms with Gasteiger partial charge in [-0.15, -0.1) is 0 Å². The summed E-state index contributed by atoms with van der Waals surface area (Å²) in [6.45, 7) is 5.63. The van der Waals surface area contributed by atoms with Crippen LogP contribution in [0.5, 0.6) is 0 Å². The maximum absolute atomic E-state index is 13.3. The molecule has 154 valence electrons. The topological polar surface area (TPSA) is 110 Å². The molecule has 1 fully saturated rings. The highest BCUT2D eigenvalue weighted by Crippen LogP contribution is 2.45. The molecule has 0 bridgehead atoms. The van der Waals surface area contributed by atoms with Crippen molar-refractivity contribution < 1.29 is 24.4 Å². The molecule has 1 N–H and O–H groups in total. The highest BCUT2D eigenvalue weighted by Gasteiger charge is 2.53. The Morgan fingerprint density at radius 1 is 1.32 bits per heavy atom. The fraction of sp³-hybridized carbons (Fsp3) is 0.600. The van der Waals surface area contributed by atoms with Gasteiger partial charge >= 0.3 is 12.1 Å². The molecule has 1 aliphatic rings. The maximum Gasteiger partial charge on any atom is 0.407 e. The number of ether oxygens (including phenoxy) is 1. The number of amides is 1. The van der Waals surface area contributed by atoms with Gasteiger partial charge in [0.1, 0.15) is 0 Å². The second-order valence-corrected chi connectivity index (χ2v) is 8.58. The molecule has 0 spiro atoms. The van der Waals surface area contributed by atoms with Crippen LogP contribution in [0.1, 0.15) is 45.1 Å². The molecule has 8 heteroatoms. The number of nitro groups is 1. The van der Waals surface area contributed by atoms with Crippen molar-refractivity contribution in [2.75, 3.05) is 26.2 Å². The number of piperidine rings is 1. The molecule has 1 aromatic carbocycles. The highest BCUT2D eigenvalue weighted by atomic mass is 16.6. The van der Waals surface area contributed by atoms with Crippen molar-refractivity contribution in [2.45, 2.75) is 39.5 Å². The number of rotatable bonds is 6. The number of esters is 1. The quantitative estimate of drug-likeness (QED) is 0.451. The van der Waals surface area contributed by atoms with Gasteiger partial charge < -0.3 is 14.7 Å². The van der Waals surface area contributed by atoms with E-state index in [0.717, 1.165) is 4.90 Å². The lowest BCUT2D eigenvalue weighted by molar-refractivity contribution is -0.486. The average molecular weight is 392 g/mol. The zero-order chi connectivity index (χ0) is 20.9. The second kappa shape index (κ2) is 8.58. The molecule has 1 aromatic rings. The van der Waals surface area contributed by atoms with E-state index in [1.807, 2.05) is 20.8 Å². The summed E-state index contributed by atoms with van der Waals surface area (Å²) in [5.74, 6) is -1.35. The van der Waals surface area contributed by atoms with Gasteiger partial charge in [0.2, 0.25) is 6.54 Å². The van der Waals surface area contributed by atoms with Crippen LogP contribution >= 0.6 is 0 Å². The van der Waals surface area contributed by atoms with Crippen molar-refractivity contribution in [1.82, 2.24) is 4.90 Å². The van der Waals surface area contributed by atoms with E-state index in [1.54, 1.807) is 30.3 Å². The predicted molar refractivity (Wildman–Crippen MR) is 103 cm³/mol. The monoisotopic (exact) mass is 392 g/mol. The van der Waals surface area contributed by atoms with Crippen molar-refractivity contribution in [2.24, 2.45) is 10.8 Å². The highest BCUT2D eigenvalue weighted by molar-refractivity contribution is 5.80. The Morgan fingerprint density at radius 3 is 2.50 bits per heavy atom. The van der Waals surface area contributed by atoms with Gasteiger partial charge in [0.05, 0.1) is 17.9 Å². The first-order valence-electron chi connectivity index (χ1n) is 9.37. The molecular weight excluding hydrogens is 364 g/mol. The third-order valence-corrected chi connectivity index (χ3v) is 5.04. The number of benzene rings is 1. The number of carbonyl (C=O) groups excluding carboxylic acids is 1. The van der Waals surface area contributed by atoms with E-state index in [2.05, 4.69) is 0 Å². The molecule has 0 aliphatic carbocycles. The maximum atomic E-state index is 13.3. The fourth-order valence-electron chi connectivity index (χ4n) is 3.70. The number of carbonyl (C=O) groups is 2. The SMILES string of the molecule is CC(C)(C)COC(=O)C1(C(C[N+](=O)[O-])c2ccccc2)CCCN(C(=O)O)C1. The minimum Gasteiger partial charge on any atom is -0.465 e. The minimum absolute atomic E-state index is 0.112. The van der Waals surface area contributed by atoms with Crippen molar-refractivity contribution in [3.8, 4) is 0 Å². The Balaban J connectivity index is 2.49. The summed E-state index contributed by atoms with van der Waals surface area (Å²) in [6.07, 6.45) is -0.355. The van der Waals surface area contributed by atoms with E-state index in [4.69, 9.17) is 4.74 Å². The summed E-state index contributed by atoms with van der Waals surface area (Å²) >= 11 is 0. The summed E-state index contributed by atoms with van der Waals surface area (Å²) in [6, 6.07) is 8.80. The molecule has 1 saturated heterocycles. The predicted octanol–water partition coefficient (Wildman–Crippen LogP) is 3.40. The van der Waals surface area contributed by atoms with Crippen molar-refractivity contribution in [3.63, 3.8) is 0 Å². The molecule has 1 amide bonds. The van der Waals surface area contributed by atoms with Gasteiger partial charge in [-0.05, 0) is 23.8 Å². The minimum atomic E-state index is -1.30. The first-order valence-corrected chi connectivity index (χ1v) is 9.37. The lowest BCUT2D eigenvalue weighted by atomic mass is 9.67. The molecule has 8 nitrogen and oxygen atoms in total. The Bertz CT molecular complexity index is 715. The number of hydrogen-bond donors (Lipinski definition) is 1. The third kappa shape index (κ3) is 5.21. The van der Waals surface area contributed by atoms with Crippen LogP contribution in [0, 0.1) is 20.9 Å². The lowest BCUT2D eigenvalue weighted by Gasteiger charge is -2.43. The van der Waals surface area contributed by atoms with Crippen LogP contribution in [-0.4, -0.2) is 53.2 Å². The smallest absolute Gasteiger partial charge is 0.407 e. The molecule has 1 heterocycles. The number of likely N-dealkylation sites (tertiary alicyclic amines) is 1. The summed E-state index contributed by atoms with van der Waals surface area (Å²) in [5, 5.41) is 20.9. The molecule has 28 heavy (non-hydrogen) atoms. The van der Waals surface area contributed by atoms with Crippen LogP contribution in [0.25, 0.3) is 0 Å². The Labute approximate surface area is 164 Å². The number of carboxylic acid groups (broad SMARTS) is 1. The van der Waals surface area contributed by atoms with E-state index in [0.29, 0.717) is 24.9 Å².